The fraction of sp³-hybridized carbons (Fsp3) is 0.727. The van der Waals surface area contributed by atoms with E-state index in [0.717, 1.165) is 5.57 Å². The van der Waals surface area contributed by atoms with Gasteiger partial charge in [-0.05, 0) is 62.0 Å². The molecule has 3 fully saturated rings. The summed E-state index contributed by atoms with van der Waals surface area (Å²) in [4.78, 5) is 65.1. The molecule has 0 spiro atoms. The molecule has 1 amide bonds. The second-order valence-corrected chi connectivity index (χ2v) is 15.6. The number of carbonyl (C=O) groups excluding carboxylic acids is 5. The van der Waals surface area contributed by atoms with Crippen molar-refractivity contribution in [2.45, 2.75) is 90.6 Å². The normalized spacial score (nSPS) is 34.0. The van der Waals surface area contributed by atoms with E-state index in [0.29, 0.717) is 38.5 Å². The number of aliphatic hydroxyl groups is 1. The molecule has 4 aliphatic rings. The first-order valence-electron chi connectivity index (χ1n) is 16.0. The summed E-state index contributed by atoms with van der Waals surface area (Å²) in [6, 6.07) is 0. The van der Waals surface area contributed by atoms with Crippen LogP contribution in [0.25, 0.3) is 0 Å². The van der Waals surface area contributed by atoms with Crippen LogP contribution in [0.1, 0.15) is 85.0 Å². The SMILES string of the molecule is C[C@H]1C[C@@H]2[C@H](C(=O)C[C@@]3(C)[C@H]2CC[C@]3(O)C(=O)COC(=O)CCCCCCC(=O)N(C)CCS(=O)(=O)O)[C@@]2(C)C=CC(=O)C=C12. The van der Waals surface area contributed by atoms with Crippen LogP contribution in [-0.4, -0.2) is 83.8 Å². The number of Topliss-reactive ketones (excluding diaryl/α,β-unsaturated/α-hetero) is 2. The van der Waals surface area contributed by atoms with Gasteiger partial charge in [0.1, 0.15) is 11.4 Å². The molecule has 250 valence electrons. The summed E-state index contributed by atoms with van der Waals surface area (Å²) in [5, 5.41) is 11.8. The maximum Gasteiger partial charge on any atom is 0.306 e. The lowest BCUT2D eigenvalue weighted by Crippen LogP contribution is -2.61. The van der Waals surface area contributed by atoms with E-state index < -0.39 is 50.7 Å². The molecular weight excluding hydrogens is 602 g/mol. The molecular formula is C33H47NO10S. The van der Waals surface area contributed by atoms with Gasteiger partial charge < -0.3 is 14.7 Å². The lowest BCUT2D eigenvalue weighted by atomic mass is 9.45. The minimum Gasteiger partial charge on any atom is -0.458 e. The van der Waals surface area contributed by atoms with Crippen LogP contribution in [-0.2, 0) is 38.8 Å². The molecule has 2 N–H and O–H groups in total. The predicted octanol–water partition coefficient (Wildman–Crippen LogP) is 3.25. The molecule has 45 heavy (non-hydrogen) atoms. The number of amides is 1. The van der Waals surface area contributed by atoms with Gasteiger partial charge in [-0.2, -0.15) is 8.42 Å². The summed E-state index contributed by atoms with van der Waals surface area (Å²) >= 11 is 0. The van der Waals surface area contributed by atoms with Crippen molar-refractivity contribution in [1.29, 1.82) is 0 Å². The Morgan fingerprint density at radius 2 is 1.76 bits per heavy atom. The van der Waals surface area contributed by atoms with Gasteiger partial charge in [0.2, 0.25) is 11.7 Å². The first kappa shape index (κ1) is 35.2. The maximum absolute atomic E-state index is 13.8. The Hall–Kier alpha value is -2.70. The molecule has 0 aromatic carbocycles. The summed E-state index contributed by atoms with van der Waals surface area (Å²) in [7, 11) is -2.66. The van der Waals surface area contributed by atoms with Crippen LogP contribution >= 0.6 is 0 Å². The summed E-state index contributed by atoms with van der Waals surface area (Å²) in [6.07, 6.45) is 9.30. The molecule has 3 saturated carbocycles. The van der Waals surface area contributed by atoms with Gasteiger partial charge in [-0.15, -0.1) is 0 Å². The number of nitrogens with zero attached hydrogens (tertiary/aromatic N) is 1. The summed E-state index contributed by atoms with van der Waals surface area (Å²) in [6.45, 7) is 5.28. The van der Waals surface area contributed by atoms with E-state index in [-0.39, 0.29) is 73.4 Å². The number of ether oxygens (including phenoxy) is 1. The van der Waals surface area contributed by atoms with Crippen molar-refractivity contribution in [2.75, 3.05) is 26.0 Å². The van der Waals surface area contributed by atoms with Gasteiger partial charge in [-0.25, -0.2) is 0 Å². The molecule has 0 aromatic heterocycles. The lowest BCUT2D eigenvalue weighted by molar-refractivity contribution is -0.173. The summed E-state index contributed by atoms with van der Waals surface area (Å²) < 4.78 is 35.7. The number of hydrogen-bond donors (Lipinski definition) is 2. The van der Waals surface area contributed by atoms with Gasteiger partial charge in [0.05, 0.1) is 5.75 Å². The summed E-state index contributed by atoms with van der Waals surface area (Å²) in [5.41, 5.74) is -2.33. The quantitative estimate of drug-likeness (QED) is 0.171. The van der Waals surface area contributed by atoms with E-state index in [2.05, 4.69) is 6.92 Å². The number of esters is 1. The number of carbonyl (C=O) groups is 5. The minimum absolute atomic E-state index is 0.00498. The summed E-state index contributed by atoms with van der Waals surface area (Å²) in [5.74, 6) is -2.29. The highest BCUT2D eigenvalue weighted by molar-refractivity contribution is 7.85. The average molecular weight is 650 g/mol. The van der Waals surface area contributed by atoms with E-state index in [9.17, 15) is 37.5 Å². The molecule has 0 unspecified atom stereocenters. The van der Waals surface area contributed by atoms with Gasteiger partial charge in [-0.1, -0.05) is 45.3 Å². The Morgan fingerprint density at radius 1 is 1.09 bits per heavy atom. The Balaban J connectivity index is 1.25. The standard InChI is InChI=1S/C33H47NO10S/c1-21-17-23-24-12-14-33(40,32(24,3)19-26(36)30(23)31(2)13-11-22(35)18-25(21)31)27(37)20-44-29(39)10-8-6-5-7-9-28(38)34(4)15-16-45(41,42)43/h11,13,18,21,23-24,30,40H,5-10,12,14-17,19-20H2,1-4H3,(H,41,42,43)/t21-,23-,24-,30+,31-,32-,33-/m0/s1. The average Bonchev–Trinajstić information content (AvgIpc) is 3.23. The zero-order valence-electron chi connectivity index (χ0n) is 26.7. The maximum atomic E-state index is 13.8. The highest BCUT2D eigenvalue weighted by Gasteiger charge is 2.68. The molecule has 0 aromatic rings. The highest BCUT2D eigenvalue weighted by Crippen LogP contribution is 2.66. The molecule has 4 rings (SSSR count). The van der Waals surface area contributed by atoms with Crippen LogP contribution < -0.4 is 0 Å². The van der Waals surface area contributed by atoms with Crippen LogP contribution in [0.15, 0.2) is 23.8 Å². The second kappa shape index (κ2) is 13.2. The Labute approximate surface area is 265 Å². The first-order valence-corrected chi connectivity index (χ1v) is 17.6. The molecule has 12 heteroatoms. The van der Waals surface area contributed by atoms with Gasteiger partial charge >= 0.3 is 5.97 Å². The third kappa shape index (κ3) is 7.02. The predicted molar refractivity (Wildman–Crippen MR) is 164 cm³/mol. The number of allylic oxidation sites excluding steroid dienone is 4. The topological polar surface area (TPSA) is 172 Å². The van der Waals surface area contributed by atoms with Crippen LogP contribution in [0.4, 0.5) is 0 Å². The largest absolute Gasteiger partial charge is 0.458 e. The van der Waals surface area contributed by atoms with Gasteiger partial charge in [0, 0.05) is 49.6 Å². The van der Waals surface area contributed by atoms with Crippen molar-refractivity contribution in [3.05, 3.63) is 23.8 Å². The number of hydrogen-bond acceptors (Lipinski definition) is 9. The van der Waals surface area contributed by atoms with Crippen LogP contribution in [0.5, 0.6) is 0 Å². The zero-order chi connectivity index (χ0) is 33.4. The lowest BCUT2D eigenvalue weighted by Gasteiger charge is -2.58. The molecule has 7 atom stereocenters. The van der Waals surface area contributed by atoms with Gasteiger partial charge in [0.25, 0.3) is 10.1 Å². The molecule has 0 radical (unpaired) electrons. The molecule has 0 saturated heterocycles. The molecule has 0 bridgehead atoms. The van der Waals surface area contributed by atoms with Crippen molar-refractivity contribution in [2.24, 2.45) is 34.5 Å². The monoisotopic (exact) mass is 649 g/mol. The van der Waals surface area contributed by atoms with E-state index in [1.165, 1.54) is 11.9 Å². The van der Waals surface area contributed by atoms with Crippen molar-refractivity contribution < 1.29 is 46.8 Å². The van der Waals surface area contributed by atoms with Crippen LogP contribution in [0, 0.1) is 34.5 Å². The Bertz CT molecular complexity index is 1400. The van der Waals surface area contributed by atoms with Gasteiger partial charge in [0.15, 0.2) is 12.4 Å². The van der Waals surface area contributed by atoms with Crippen molar-refractivity contribution in [3.63, 3.8) is 0 Å². The molecule has 0 heterocycles. The zero-order valence-corrected chi connectivity index (χ0v) is 27.6. The van der Waals surface area contributed by atoms with E-state index in [1.807, 2.05) is 19.9 Å². The Morgan fingerprint density at radius 3 is 2.42 bits per heavy atom. The minimum atomic E-state index is -4.13. The number of unbranched alkanes of at least 4 members (excludes halogenated alkanes) is 3. The van der Waals surface area contributed by atoms with Crippen LogP contribution in [0.2, 0.25) is 0 Å². The Kier molecular flexibility index (Phi) is 10.3. The van der Waals surface area contributed by atoms with E-state index in [1.54, 1.807) is 12.2 Å². The van der Waals surface area contributed by atoms with Crippen molar-refractivity contribution in [1.82, 2.24) is 4.90 Å². The smallest absolute Gasteiger partial charge is 0.306 e. The number of fused-ring (bicyclic) bond motifs is 5. The van der Waals surface area contributed by atoms with Crippen LogP contribution in [0.3, 0.4) is 0 Å². The molecule has 11 nitrogen and oxygen atoms in total. The van der Waals surface area contributed by atoms with Gasteiger partial charge in [-0.3, -0.25) is 28.5 Å². The van der Waals surface area contributed by atoms with E-state index >= 15 is 0 Å². The van der Waals surface area contributed by atoms with Crippen molar-refractivity contribution in [3.8, 4) is 0 Å². The fourth-order valence-corrected chi connectivity index (χ4v) is 9.23. The first-order chi connectivity index (χ1) is 20.9. The fourth-order valence-electron chi connectivity index (χ4n) is 8.72. The number of ketones is 3. The number of rotatable bonds is 13. The highest BCUT2D eigenvalue weighted by atomic mass is 32.2. The van der Waals surface area contributed by atoms with E-state index in [4.69, 9.17) is 9.29 Å². The molecule has 0 aliphatic heterocycles. The second-order valence-electron chi connectivity index (χ2n) is 14.1. The molecule has 4 aliphatic carbocycles. The third-order valence-electron chi connectivity index (χ3n) is 11.2. The third-order valence-corrected chi connectivity index (χ3v) is 11.9. The van der Waals surface area contributed by atoms with Crippen molar-refractivity contribution >= 4 is 39.3 Å².